The molecular weight excluding hydrogens is 224 g/mol. The zero-order valence-electron chi connectivity index (χ0n) is 11.7. The second kappa shape index (κ2) is 6.25. The van der Waals surface area contributed by atoms with E-state index in [0.717, 1.165) is 30.4 Å². The molecule has 0 radical (unpaired) electrons. The van der Waals surface area contributed by atoms with Crippen LogP contribution in [0, 0.1) is 12.8 Å². The maximum absolute atomic E-state index is 4.47. The molecule has 4 nitrogen and oxygen atoms in total. The number of aromatic nitrogens is 2. The van der Waals surface area contributed by atoms with Gasteiger partial charge in [0.25, 0.3) is 0 Å². The highest BCUT2D eigenvalue weighted by molar-refractivity contribution is 5.12. The summed E-state index contributed by atoms with van der Waals surface area (Å²) in [5.41, 5.74) is 2.14. The zero-order chi connectivity index (χ0) is 13.0. The number of nitrogens with one attached hydrogen (secondary N) is 1. The molecule has 2 atom stereocenters. The number of hydrogen-bond acceptors (Lipinski definition) is 4. The molecule has 1 fully saturated rings. The van der Waals surface area contributed by atoms with Crippen LogP contribution in [-0.2, 0) is 0 Å². The van der Waals surface area contributed by atoms with Crippen molar-refractivity contribution >= 4 is 0 Å². The first-order chi connectivity index (χ1) is 8.68. The molecule has 2 heterocycles. The van der Waals surface area contributed by atoms with Crippen molar-refractivity contribution in [1.82, 2.24) is 20.2 Å². The Labute approximate surface area is 110 Å². The number of nitrogens with zero attached hydrogens (tertiary/aromatic N) is 3. The summed E-state index contributed by atoms with van der Waals surface area (Å²) in [4.78, 5) is 11.2. The van der Waals surface area contributed by atoms with E-state index in [1.807, 2.05) is 6.92 Å². The molecule has 1 N–H and O–H groups in total. The quantitative estimate of drug-likeness (QED) is 0.882. The molecule has 4 heteroatoms. The molecule has 1 aliphatic rings. The van der Waals surface area contributed by atoms with Crippen molar-refractivity contribution in [3.63, 3.8) is 0 Å². The largest absolute Gasteiger partial charge is 0.316 e. The highest BCUT2D eigenvalue weighted by Gasteiger charge is 2.20. The van der Waals surface area contributed by atoms with E-state index in [9.17, 15) is 0 Å². The fourth-order valence-electron chi connectivity index (χ4n) is 2.68. The van der Waals surface area contributed by atoms with Gasteiger partial charge in [0, 0.05) is 18.9 Å². The van der Waals surface area contributed by atoms with Gasteiger partial charge >= 0.3 is 0 Å². The topological polar surface area (TPSA) is 41.1 Å². The number of rotatable bonds is 4. The van der Waals surface area contributed by atoms with E-state index in [0.29, 0.717) is 6.04 Å². The number of piperidine rings is 1. The summed E-state index contributed by atoms with van der Waals surface area (Å²) < 4.78 is 0. The summed E-state index contributed by atoms with van der Waals surface area (Å²) in [6.45, 7) is 7.71. The highest BCUT2D eigenvalue weighted by atomic mass is 15.1. The standard InChI is InChI=1S/C14H24N4/c1-11-14(17-8-7-16-11)12(2)18(3)10-13-5-4-6-15-9-13/h7-8,12-13,15H,4-6,9-10H2,1-3H3. The van der Waals surface area contributed by atoms with E-state index >= 15 is 0 Å². The van der Waals surface area contributed by atoms with Crippen LogP contribution in [0.2, 0.25) is 0 Å². The van der Waals surface area contributed by atoms with Crippen molar-refractivity contribution in [2.45, 2.75) is 32.7 Å². The van der Waals surface area contributed by atoms with Crippen molar-refractivity contribution in [3.8, 4) is 0 Å². The van der Waals surface area contributed by atoms with Crippen molar-refractivity contribution < 1.29 is 0 Å². The third kappa shape index (κ3) is 3.27. The molecule has 0 saturated carbocycles. The Morgan fingerprint density at radius 2 is 2.22 bits per heavy atom. The molecule has 0 amide bonds. The van der Waals surface area contributed by atoms with Gasteiger partial charge in [-0.05, 0) is 52.7 Å². The molecule has 0 spiro atoms. The predicted octanol–water partition coefficient (Wildman–Crippen LogP) is 1.78. The van der Waals surface area contributed by atoms with Crippen molar-refractivity contribution in [2.75, 3.05) is 26.7 Å². The number of aryl methyl sites for hydroxylation is 1. The molecular formula is C14H24N4. The lowest BCUT2D eigenvalue weighted by Gasteiger charge is -2.31. The molecule has 0 bridgehead atoms. The average Bonchev–Trinajstić information content (AvgIpc) is 2.39. The Balaban J connectivity index is 1.95. The first-order valence-electron chi connectivity index (χ1n) is 6.87. The third-order valence-electron chi connectivity index (χ3n) is 3.92. The summed E-state index contributed by atoms with van der Waals surface area (Å²) in [5, 5.41) is 3.48. The van der Waals surface area contributed by atoms with Gasteiger partial charge in [0.2, 0.25) is 0 Å². The van der Waals surface area contributed by atoms with Crippen LogP contribution in [0.4, 0.5) is 0 Å². The third-order valence-corrected chi connectivity index (χ3v) is 3.92. The molecule has 0 aromatic carbocycles. The van der Waals surface area contributed by atoms with Crippen LogP contribution in [0.5, 0.6) is 0 Å². The SMILES string of the molecule is Cc1nccnc1C(C)N(C)CC1CCCNC1. The Morgan fingerprint density at radius 1 is 1.44 bits per heavy atom. The monoisotopic (exact) mass is 248 g/mol. The van der Waals surface area contributed by atoms with Crippen LogP contribution in [0.1, 0.15) is 37.2 Å². The Kier molecular flexibility index (Phi) is 4.66. The average molecular weight is 248 g/mol. The van der Waals surface area contributed by atoms with Crippen molar-refractivity contribution in [3.05, 3.63) is 23.8 Å². The Bertz CT molecular complexity index is 374. The van der Waals surface area contributed by atoms with Crippen LogP contribution in [0.15, 0.2) is 12.4 Å². The van der Waals surface area contributed by atoms with Gasteiger partial charge in [-0.2, -0.15) is 0 Å². The summed E-state index contributed by atoms with van der Waals surface area (Å²) >= 11 is 0. The summed E-state index contributed by atoms with van der Waals surface area (Å²) in [6.07, 6.45) is 6.19. The fraction of sp³-hybridized carbons (Fsp3) is 0.714. The summed E-state index contributed by atoms with van der Waals surface area (Å²) in [5.74, 6) is 0.767. The lowest BCUT2D eigenvalue weighted by Crippen LogP contribution is -2.38. The van der Waals surface area contributed by atoms with Gasteiger partial charge < -0.3 is 5.32 Å². The van der Waals surface area contributed by atoms with Crippen LogP contribution < -0.4 is 5.32 Å². The Morgan fingerprint density at radius 3 is 2.89 bits per heavy atom. The molecule has 100 valence electrons. The minimum Gasteiger partial charge on any atom is -0.316 e. The second-order valence-corrected chi connectivity index (χ2v) is 5.35. The maximum atomic E-state index is 4.47. The summed E-state index contributed by atoms with van der Waals surface area (Å²) in [6, 6.07) is 0.334. The number of hydrogen-bond donors (Lipinski definition) is 1. The van der Waals surface area contributed by atoms with E-state index in [2.05, 4.69) is 34.2 Å². The lowest BCUT2D eigenvalue weighted by molar-refractivity contribution is 0.195. The van der Waals surface area contributed by atoms with E-state index in [4.69, 9.17) is 0 Å². The maximum Gasteiger partial charge on any atom is 0.0784 e. The molecule has 2 unspecified atom stereocenters. The molecule has 1 aliphatic heterocycles. The van der Waals surface area contributed by atoms with Crippen LogP contribution in [0.3, 0.4) is 0 Å². The molecule has 1 aromatic heterocycles. The van der Waals surface area contributed by atoms with Crippen molar-refractivity contribution in [1.29, 1.82) is 0 Å². The van der Waals surface area contributed by atoms with Gasteiger partial charge in [0.05, 0.1) is 17.4 Å². The van der Waals surface area contributed by atoms with E-state index in [1.165, 1.54) is 19.4 Å². The normalized spacial score (nSPS) is 22.1. The highest BCUT2D eigenvalue weighted by Crippen LogP contribution is 2.21. The van der Waals surface area contributed by atoms with E-state index in [1.54, 1.807) is 12.4 Å². The van der Waals surface area contributed by atoms with Crippen molar-refractivity contribution in [2.24, 2.45) is 5.92 Å². The first kappa shape index (κ1) is 13.4. The fourth-order valence-corrected chi connectivity index (χ4v) is 2.68. The van der Waals surface area contributed by atoms with E-state index in [-0.39, 0.29) is 0 Å². The zero-order valence-corrected chi connectivity index (χ0v) is 11.7. The minimum atomic E-state index is 0.334. The lowest BCUT2D eigenvalue weighted by atomic mass is 9.98. The van der Waals surface area contributed by atoms with Gasteiger partial charge in [0.15, 0.2) is 0 Å². The predicted molar refractivity (Wildman–Crippen MR) is 73.4 cm³/mol. The van der Waals surface area contributed by atoms with Gasteiger partial charge in [-0.3, -0.25) is 14.9 Å². The first-order valence-corrected chi connectivity index (χ1v) is 6.87. The minimum absolute atomic E-state index is 0.334. The van der Waals surface area contributed by atoms with Gasteiger partial charge in [-0.15, -0.1) is 0 Å². The molecule has 1 aromatic rings. The molecule has 18 heavy (non-hydrogen) atoms. The smallest absolute Gasteiger partial charge is 0.0784 e. The Hall–Kier alpha value is -1.00. The van der Waals surface area contributed by atoms with Crippen LogP contribution in [0.25, 0.3) is 0 Å². The van der Waals surface area contributed by atoms with Gasteiger partial charge in [-0.25, -0.2) is 0 Å². The van der Waals surface area contributed by atoms with Crippen LogP contribution >= 0.6 is 0 Å². The molecule has 1 saturated heterocycles. The van der Waals surface area contributed by atoms with Gasteiger partial charge in [-0.1, -0.05) is 0 Å². The summed E-state index contributed by atoms with van der Waals surface area (Å²) in [7, 11) is 2.19. The van der Waals surface area contributed by atoms with Crippen LogP contribution in [-0.4, -0.2) is 41.5 Å². The molecule has 0 aliphatic carbocycles. The van der Waals surface area contributed by atoms with Gasteiger partial charge in [0.1, 0.15) is 0 Å². The molecule has 2 rings (SSSR count). The van der Waals surface area contributed by atoms with E-state index < -0.39 is 0 Å². The second-order valence-electron chi connectivity index (χ2n) is 5.35.